The standard InChI is InChI=1S/C16H22N2O2/c1-12(17-2)16-14(6-5-7-15(16)19-4)18(3)10-13-8-9-20-11-13/h5-9,11-12,17H,10H2,1-4H3. The highest BCUT2D eigenvalue weighted by Gasteiger charge is 2.17. The van der Waals surface area contributed by atoms with Crippen molar-refractivity contribution >= 4 is 5.69 Å². The molecular formula is C16H22N2O2. The number of rotatable bonds is 6. The molecule has 2 rings (SSSR count). The van der Waals surface area contributed by atoms with Crippen LogP contribution in [0, 0.1) is 0 Å². The van der Waals surface area contributed by atoms with Gasteiger partial charge < -0.3 is 19.4 Å². The predicted molar refractivity (Wildman–Crippen MR) is 81.3 cm³/mol. The number of furan rings is 1. The van der Waals surface area contributed by atoms with Crippen LogP contribution in [0.25, 0.3) is 0 Å². The minimum absolute atomic E-state index is 0.216. The fourth-order valence-electron chi connectivity index (χ4n) is 2.36. The van der Waals surface area contributed by atoms with E-state index in [-0.39, 0.29) is 6.04 Å². The second kappa shape index (κ2) is 6.48. The average molecular weight is 274 g/mol. The molecule has 1 aromatic carbocycles. The molecule has 0 aliphatic rings. The van der Waals surface area contributed by atoms with Crippen LogP contribution in [-0.4, -0.2) is 21.2 Å². The Labute approximate surface area is 120 Å². The zero-order valence-corrected chi connectivity index (χ0v) is 12.5. The minimum Gasteiger partial charge on any atom is -0.496 e. The van der Waals surface area contributed by atoms with Crippen molar-refractivity contribution in [3.8, 4) is 5.75 Å². The zero-order valence-electron chi connectivity index (χ0n) is 12.5. The van der Waals surface area contributed by atoms with Crippen LogP contribution < -0.4 is 15.0 Å². The van der Waals surface area contributed by atoms with Crippen molar-refractivity contribution in [3.05, 3.63) is 47.9 Å². The van der Waals surface area contributed by atoms with E-state index >= 15 is 0 Å². The van der Waals surface area contributed by atoms with Gasteiger partial charge in [0.15, 0.2) is 0 Å². The molecule has 1 heterocycles. The number of nitrogens with zero attached hydrogens (tertiary/aromatic N) is 1. The summed E-state index contributed by atoms with van der Waals surface area (Å²) in [7, 11) is 5.74. The van der Waals surface area contributed by atoms with Gasteiger partial charge in [0.05, 0.1) is 19.6 Å². The first kappa shape index (κ1) is 14.5. The Hall–Kier alpha value is -1.94. The van der Waals surface area contributed by atoms with E-state index in [0.717, 1.165) is 23.5 Å². The first-order valence-electron chi connectivity index (χ1n) is 6.73. The summed E-state index contributed by atoms with van der Waals surface area (Å²) in [6.45, 7) is 2.93. The van der Waals surface area contributed by atoms with Crippen LogP contribution in [-0.2, 0) is 6.54 Å². The number of anilines is 1. The van der Waals surface area contributed by atoms with Gasteiger partial charge in [-0.15, -0.1) is 0 Å². The Morgan fingerprint density at radius 1 is 1.35 bits per heavy atom. The third-order valence-corrected chi connectivity index (χ3v) is 3.54. The largest absolute Gasteiger partial charge is 0.496 e. The van der Waals surface area contributed by atoms with Crippen LogP contribution in [0.3, 0.4) is 0 Å². The van der Waals surface area contributed by atoms with Gasteiger partial charge in [-0.25, -0.2) is 0 Å². The molecule has 1 aromatic heterocycles. The normalized spacial score (nSPS) is 12.2. The molecule has 1 N–H and O–H groups in total. The minimum atomic E-state index is 0.216. The first-order valence-corrected chi connectivity index (χ1v) is 6.73. The van der Waals surface area contributed by atoms with E-state index in [9.17, 15) is 0 Å². The smallest absolute Gasteiger partial charge is 0.125 e. The lowest BCUT2D eigenvalue weighted by Crippen LogP contribution is -2.22. The molecule has 0 aliphatic carbocycles. The van der Waals surface area contributed by atoms with Crippen LogP contribution in [0.4, 0.5) is 5.69 Å². The maximum Gasteiger partial charge on any atom is 0.125 e. The van der Waals surface area contributed by atoms with E-state index in [4.69, 9.17) is 9.15 Å². The van der Waals surface area contributed by atoms with Crippen molar-refractivity contribution in [2.75, 3.05) is 26.1 Å². The Balaban J connectivity index is 2.34. The summed E-state index contributed by atoms with van der Waals surface area (Å²) in [6.07, 6.45) is 3.48. The summed E-state index contributed by atoms with van der Waals surface area (Å²) in [5, 5.41) is 3.28. The zero-order chi connectivity index (χ0) is 14.5. The number of benzene rings is 1. The topological polar surface area (TPSA) is 37.6 Å². The van der Waals surface area contributed by atoms with Crippen molar-refractivity contribution in [1.82, 2.24) is 5.32 Å². The van der Waals surface area contributed by atoms with E-state index in [0.29, 0.717) is 0 Å². The highest BCUT2D eigenvalue weighted by Crippen LogP contribution is 2.34. The molecule has 0 aliphatic heterocycles. The number of hydrogen-bond acceptors (Lipinski definition) is 4. The number of methoxy groups -OCH3 is 1. The molecule has 0 amide bonds. The summed E-state index contributed by atoms with van der Waals surface area (Å²) in [6, 6.07) is 8.33. The fraction of sp³-hybridized carbons (Fsp3) is 0.375. The van der Waals surface area contributed by atoms with E-state index in [1.165, 1.54) is 5.56 Å². The Morgan fingerprint density at radius 3 is 2.75 bits per heavy atom. The lowest BCUT2D eigenvalue weighted by Gasteiger charge is -2.26. The monoisotopic (exact) mass is 274 g/mol. The van der Waals surface area contributed by atoms with Gasteiger partial charge in [0.1, 0.15) is 5.75 Å². The highest BCUT2D eigenvalue weighted by atomic mass is 16.5. The number of hydrogen-bond donors (Lipinski definition) is 1. The van der Waals surface area contributed by atoms with Crippen LogP contribution in [0.1, 0.15) is 24.1 Å². The molecule has 0 spiro atoms. The third-order valence-electron chi connectivity index (χ3n) is 3.54. The predicted octanol–water partition coefficient (Wildman–Crippen LogP) is 3.21. The summed E-state index contributed by atoms with van der Waals surface area (Å²) < 4.78 is 10.6. The van der Waals surface area contributed by atoms with Crippen molar-refractivity contribution in [2.45, 2.75) is 19.5 Å². The van der Waals surface area contributed by atoms with Crippen LogP contribution in [0.5, 0.6) is 5.75 Å². The summed E-state index contributed by atoms with van der Waals surface area (Å²) in [4.78, 5) is 2.20. The summed E-state index contributed by atoms with van der Waals surface area (Å²) in [5.74, 6) is 0.906. The molecule has 2 aromatic rings. The van der Waals surface area contributed by atoms with Crippen molar-refractivity contribution in [2.24, 2.45) is 0 Å². The van der Waals surface area contributed by atoms with Gasteiger partial charge in [-0.1, -0.05) is 6.07 Å². The van der Waals surface area contributed by atoms with E-state index < -0.39 is 0 Å². The van der Waals surface area contributed by atoms with Gasteiger partial charge in [-0.3, -0.25) is 0 Å². The molecule has 1 unspecified atom stereocenters. The van der Waals surface area contributed by atoms with Crippen molar-refractivity contribution in [1.29, 1.82) is 0 Å². The molecule has 4 heteroatoms. The van der Waals surface area contributed by atoms with Crippen molar-refractivity contribution in [3.63, 3.8) is 0 Å². The molecule has 0 fully saturated rings. The van der Waals surface area contributed by atoms with Gasteiger partial charge >= 0.3 is 0 Å². The van der Waals surface area contributed by atoms with E-state index in [2.05, 4.69) is 30.3 Å². The van der Waals surface area contributed by atoms with Crippen LogP contribution in [0.2, 0.25) is 0 Å². The number of ether oxygens (including phenoxy) is 1. The molecule has 0 saturated carbocycles. The van der Waals surface area contributed by atoms with Gasteiger partial charge in [0, 0.05) is 36.4 Å². The van der Waals surface area contributed by atoms with Crippen molar-refractivity contribution < 1.29 is 9.15 Å². The first-order chi connectivity index (χ1) is 9.67. The lowest BCUT2D eigenvalue weighted by molar-refractivity contribution is 0.404. The molecule has 0 bridgehead atoms. The maximum atomic E-state index is 5.51. The van der Waals surface area contributed by atoms with E-state index in [1.54, 1.807) is 19.6 Å². The molecular weight excluding hydrogens is 252 g/mol. The summed E-state index contributed by atoms with van der Waals surface area (Å²) >= 11 is 0. The molecule has 20 heavy (non-hydrogen) atoms. The maximum absolute atomic E-state index is 5.51. The molecule has 108 valence electrons. The van der Waals surface area contributed by atoms with Crippen LogP contribution in [0.15, 0.2) is 41.2 Å². The fourth-order valence-corrected chi connectivity index (χ4v) is 2.36. The van der Waals surface area contributed by atoms with E-state index in [1.807, 2.05) is 25.2 Å². The second-order valence-electron chi connectivity index (χ2n) is 4.89. The van der Waals surface area contributed by atoms with Gasteiger partial charge in [-0.05, 0) is 32.2 Å². The second-order valence-corrected chi connectivity index (χ2v) is 4.89. The lowest BCUT2D eigenvalue weighted by atomic mass is 10.0. The van der Waals surface area contributed by atoms with Gasteiger partial charge in [0.25, 0.3) is 0 Å². The molecule has 1 atom stereocenters. The molecule has 4 nitrogen and oxygen atoms in total. The SMILES string of the molecule is CNC(C)c1c(OC)cccc1N(C)Cc1ccoc1. The molecule has 0 saturated heterocycles. The van der Waals surface area contributed by atoms with Gasteiger partial charge in [-0.2, -0.15) is 0 Å². The Morgan fingerprint density at radius 2 is 2.15 bits per heavy atom. The average Bonchev–Trinajstić information content (AvgIpc) is 2.98. The Bertz CT molecular complexity index is 537. The van der Waals surface area contributed by atoms with Gasteiger partial charge in [0.2, 0.25) is 0 Å². The highest BCUT2D eigenvalue weighted by molar-refractivity contribution is 5.60. The Kier molecular flexibility index (Phi) is 4.69. The van der Waals surface area contributed by atoms with Crippen LogP contribution >= 0.6 is 0 Å². The summed E-state index contributed by atoms with van der Waals surface area (Å²) in [5.41, 5.74) is 3.48. The third kappa shape index (κ3) is 2.96. The quantitative estimate of drug-likeness (QED) is 0.877. The number of nitrogens with one attached hydrogen (secondary N) is 1. The molecule has 0 radical (unpaired) electrons.